The van der Waals surface area contributed by atoms with Crippen LogP contribution in [0, 0.1) is 0 Å². The van der Waals surface area contributed by atoms with Gasteiger partial charge in [0, 0.05) is 35.1 Å². The highest BCUT2D eigenvalue weighted by atomic mass is 79.9. The Morgan fingerprint density at radius 3 is 1.69 bits per heavy atom. The van der Waals surface area contributed by atoms with E-state index >= 15 is 0 Å². The van der Waals surface area contributed by atoms with E-state index in [-0.39, 0.29) is 11.6 Å². The molecule has 2 aromatic carbocycles. The van der Waals surface area contributed by atoms with Gasteiger partial charge in [-0.3, -0.25) is 9.59 Å². The largest absolute Gasteiger partial charge is 0.478 e. The van der Waals surface area contributed by atoms with E-state index in [0.717, 1.165) is 25.6 Å². The van der Waals surface area contributed by atoms with Gasteiger partial charge in [-0.25, -0.2) is 4.79 Å². The van der Waals surface area contributed by atoms with E-state index in [1.54, 1.807) is 31.2 Å². The second-order valence-electron chi connectivity index (χ2n) is 4.84. The number of carbonyl (C=O) groups excluding carboxylic acids is 2. The number of ketones is 2. The van der Waals surface area contributed by atoms with Crippen molar-refractivity contribution in [3.63, 3.8) is 0 Å². The molecule has 0 heterocycles. The van der Waals surface area contributed by atoms with E-state index in [1.807, 2.05) is 12.1 Å². The van der Waals surface area contributed by atoms with Gasteiger partial charge in [0.05, 0.1) is 0 Å². The molecule has 2 rings (SSSR count). The second kappa shape index (κ2) is 10.9. The molecular weight excluding hydrogens is 600 g/mol. The van der Waals surface area contributed by atoms with Gasteiger partial charge in [-0.05, 0) is 49.4 Å². The molecular formula is C18H12Br4O4. The molecule has 0 saturated carbocycles. The van der Waals surface area contributed by atoms with Crippen molar-refractivity contribution in [2.24, 2.45) is 0 Å². The zero-order valence-electron chi connectivity index (χ0n) is 13.3. The molecule has 0 aromatic heterocycles. The van der Waals surface area contributed by atoms with Gasteiger partial charge in [0.25, 0.3) is 0 Å². The quantitative estimate of drug-likeness (QED) is 0.319. The van der Waals surface area contributed by atoms with Crippen LogP contribution >= 0.6 is 63.7 Å². The minimum Gasteiger partial charge on any atom is -0.478 e. The summed E-state index contributed by atoms with van der Waals surface area (Å²) < 4.78 is 3.16. The maximum Gasteiger partial charge on any atom is 0.328 e. The smallest absolute Gasteiger partial charge is 0.328 e. The van der Waals surface area contributed by atoms with Crippen molar-refractivity contribution in [2.75, 3.05) is 0 Å². The van der Waals surface area contributed by atoms with E-state index in [2.05, 4.69) is 63.7 Å². The SMILES string of the molecule is CC(=O)c1cc(Br)ccc1Br.O=C(O)/C=C/C(=O)c1cc(Br)ccc1Br. The number of aliphatic carboxylic acids is 1. The van der Waals surface area contributed by atoms with Gasteiger partial charge in [-0.1, -0.05) is 63.7 Å². The third-order valence-corrected chi connectivity index (χ3v) is 5.25. The Balaban J connectivity index is 0.000000273. The lowest BCUT2D eigenvalue weighted by Crippen LogP contribution is -1.97. The molecule has 0 radical (unpaired) electrons. The van der Waals surface area contributed by atoms with E-state index in [9.17, 15) is 14.4 Å². The summed E-state index contributed by atoms with van der Waals surface area (Å²) in [5, 5.41) is 8.37. The van der Waals surface area contributed by atoms with Gasteiger partial charge in [-0.2, -0.15) is 0 Å². The highest BCUT2D eigenvalue weighted by Crippen LogP contribution is 2.22. The lowest BCUT2D eigenvalue weighted by atomic mass is 10.1. The molecule has 26 heavy (non-hydrogen) atoms. The highest BCUT2D eigenvalue weighted by molar-refractivity contribution is 9.11. The average Bonchev–Trinajstić information content (AvgIpc) is 2.57. The molecule has 0 aliphatic carbocycles. The van der Waals surface area contributed by atoms with E-state index in [1.165, 1.54) is 0 Å². The van der Waals surface area contributed by atoms with Crippen LogP contribution in [0.2, 0.25) is 0 Å². The van der Waals surface area contributed by atoms with Gasteiger partial charge in [0.1, 0.15) is 0 Å². The summed E-state index contributed by atoms with van der Waals surface area (Å²) >= 11 is 13.0. The molecule has 0 aliphatic heterocycles. The maximum absolute atomic E-state index is 11.5. The molecule has 4 nitrogen and oxygen atoms in total. The molecule has 8 heteroatoms. The van der Waals surface area contributed by atoms with Crippen LogP contribution in [0.4, 0.5) is 0 Å². The average molecular weight is 612 g/mol. The van der Waals surface area contributed by atoms with Crippen molar-refractivity contribution in [3.05, 3.63) is 77.6 Å². The number of hydrogen-bond acceptors (Lipinski definition) is 3. The molecule has 0 bridgehead atoms. The number of Topliss-reactive ketones (excluding diaryl/α,β-unsaturated/α-hetero) is 1. The Morgan fingerprint density at radius 1 is 0.808 bits per heavy atom. The fourth-order valence-corrected chi connectivity index (χ4v) is 3.38. The van der Waals surface area contributed by atoms with Crippen LogP contribution in [0.25, 0.3) is 0 Å². The monoisotopic (exact) mass is 608 g/mol. The number of hydrogen-bond donors (Lipinski definition) is 1. The van der Waals surface area contributed by atoms with Crippen molar-refractivity contribution >= 4 is 81.3 Å². The molecule has 0 unspecified atom stereocenters. The second-order valence-corrected chi connectivity index (χ2v) is 8.38. The Morgan fingerprint density at radius 2 is 1.27 bits per heavy atom. The van der Waals surface area contributed by atoms with E-state index < -0.39 is 5.97 Å². The maximum atomic E-state index is 11.5. The summed E-state index contributed by atoms with van der Waals surface area (Å²) in [4.78, 5) is 32.7. The predicted octanol–water partition coefficient (Wildman–Crippen LogP) is 6.45. The minimum absolute atomic E-state index is 0.0678. The lowest BCUT2D eigenvalue weighted by molar-refractivity contribution is -0.131. The van der Waals surface area contributed by atoms with Gasteiger partial charge in [-0.15, -0.1) is 0 Å². The van der Waals surface area contributed by atoms with Gasteiger partial charge >= 0.3 is 5.97 Å². The van der Waals surface area contributed by atoms with Crippen molar-refractivity contribution < 1.29 is 19.5 Å². The summed E-state index contributed by atoms with van der Waals surface area (Å²) in [6.07, 6.45) is 1.84. The summed E-state index contributed by atoms with van der Waals surface area (Å²) in [7, 11) is 0. The molecule has 0 saturated heterocycles. The number of carboxylic acid groups (broad SMARTS) is 1. The summed E-state index contributed by atoms with van der Waals surface area (Å²) in [6.45, 7) is 1.55. The number of carboxylic acids is 1. The summed E-state index contributed by atoms with van der Waals surface area (Å²) in [5.41, 5.74) is 1.13. The third kappa shape index (κ3) is 7.65. The van der Waals surface area contributed by atoms with Crippen LogP contribution in [0.15, 0.2) is 66.4 Å². The van der Waals surface area contributed by atoms with Crippen LogP contribution in [0.1, 0.15) is 27.6 Å². The molecule has 136 valence electrons. The van der Waals surface area contributed by atoms with Crippen molar-refractivity contribution in [3.8, 4) is 0 Å². The topological polar surface area (TPSA) is 71.4 Å². The molecule has 2 aromatic rings. The van der Waals surface area contributed by atoms with Gasteiger partial charge in [0.15, 0.2) is 11.6 Å². The fourth-order valence-electron chi connectivity index (χ4n) is 1.69. The van der Waals surface area contributed by atoms with Crippen molar-refractivity contribution in [1.29, 1.82) is 0 Å². The van der Waals surface area contributed by atoms with Crippen molar-refractivity contribution in [2.45, 2.75) is 6.92 Å². The predicted molar refractivity (Wildman–Crippen MR) is 115 cm³/mol. The molecule has 0 aliphatic rings. The Kier molecular flexibility index (Phi) is 9.63. The van der Waals surface area contributed by atoms with Crippen LogP contribution in [0.5, 0.6) is 0 Å². The third-order valence-electron chi connectivity index (χ3n) is 2.88. The van der Waals surface area contributed by atoms with Crippen molar-refractivity contribution in [1.82, 2.24) is 0 Å². The number of benzene rings is 2. The number of allylic oxidation sites excluding steroid dienone is 1. The molecule has 1 N–H and O–H groups in total. The number of carbonyl (C=O) groups is 3. The van der Waals surface area contributed by atoms with Crippen LogP contribution in [-0.2, 0) is 4.79 Å². The van der Waals surface area contributed by atoms with Gasteiger partial charge in [0.2, 0.25) is 0 Å². The first kappa shape index (κ1) is 23.0. The zero-order valence-corrected chi connectivity index (χ0v) is 19.6. The van der Waals surface area contributed by atoms with Crippen LogP contribution in [-0.4, -0.2) is 22.6 Å². The lowest BCUT2D eigenvalue weighted by Gasteiger charge is -2.00. The Bertz CT molecular complexity index is 875. The molecule has 0 amide bonds. The van der Waals surface area contributed by atoms with E-state index in [4.69, 9.17) is 5.11 Å². The first-order valence-corrected chi connectivity index (χ1v) is 10.2. The molecule has 0 spiro atoms. The number of rotatable bonds is 4. The zero-order chi connectivity index (χ0) is 19.9. The first-order valence-electron chi connectivity index (χ1n) is 6.98. The molecule has 0 fully saturated rings. The number of halogens is 4. The summed E-state index contributed by atoms with van der Waals surface area (Å²) in [6, 6.07) is 10.6. The normalized spacial score (nSPS) is 10.2. The van der Waals surface area contributed by atoms with Gasteiger partial charge < -0.3 is 5.11 Å². The molecule has 0 atom stereocenters. The minimum atomic E-state index is -1.14. The van der Waals surface area contributed by atoms with E-state index in [0.29, 0.717) is 15.6 Å². The van der Waals surface area contributed by atoms with Crippen LogP contribution < -0.4 is 0 Å². The first-order chi connectivity index (χ1) is 12.1. The van der Waals surface area contributed by atoms with Crippen LogP contribution in [0.3, 0.4) is 0 Å². The Labute approximate surface area is 184 Å². The standard InChI is InChI=1S/C10H6Br2O3.C8H6Br2O/c11-6-1-2-8(12)7(5-6)9(13)3-4-10(14)15;1-5(11)7-4-6(9)2-3-8(7)10/h1-5H,(H,14,15);2-4H,1H3/b4-3+;. The fraction of sp³-hybridized carbons (Fsp3) is 0.0556. The Hall–Kier alpha value is -1.09. The highest BCUT2D eigenvalue weighted by Gasteiger charge is 2.07. The summed E-state index contributed by atoms with van der Waals surface area (Å²) in [5.74, 6) is -1.43.